The molecule has 0 amide bonds. The number of hydrogen-bond acceptors (Lipinski definition) is 4. The summed E-state index contributed by atoms with van der Waals surface area (Å²) in [4.78, 5) is 4.28. The van der Waals surface area contributed by atoms with Gasteiger partial charge in [0.05, 0.1) is 11.4 Å². The van der Waals surface area contributed by atoms with Crippen LogP contribution in [0.4, 0.5) is 5.69 Å². The Labute approximate surface area is 284 Å². The molecule has 4 nitrogen and oxygen atoms in total. The van der Waals surface area contributed by atoms with Crippen molar-refractivity contribution in [1.82, 2.24) is 4.98 Å². The smallest absolute Gasteiger partial charge is 0.0795 e. The average Bonchev–Trinajstić information content (AvgIpc) is 3.15. The Hall–Kier alpha value is -6.65. The van der Waals surface area contributed by atoms with Gasteiger partial charge in [-0.15, -0.1) is 0 Å². The molecule has 1 aliphatic rings. The first-order valence-corrected chi connectivity index (χ1v) is 16.2. The number of aromatic nitrogens is 1. The molecule has 0 atom stereocenters. The summed E-state index contributed by atoms with van der Waals surface area (Å²) in [6, 6.07) is 48.3. The van der Waals surface area contributed by atoms with Gasteiger partial charge >= 0.3 is 0 Å². The first-order chi connectivity index (χ1) is 24.1. The van der Waals surface area contributed by atoms with Gasteiger partial charge in [0, 0.05) is 29.0 Å². The second-order valence-corrected chi connectivity index (χ2v) is 12.2. The topological polar surface area (TPSA) is 86.6 Å². The van der Waals surface area contributed by atoms with Crippen molar-refractivity contribution in [3.8, 4) is 22.3 Å². The van der Waals surface area contributed by atoms with Gasteiger partial charge in [0.25, 0.3) is 0 Å². The van der Waals surface area contributed by atoms with Crippen LogP contribution >= 0.6 is 0 Å². The minimum atomic E-state index is 0.244. The van der Waals surface area contributed by atoms with E-state index in [0.717, 1.165) is 44.1 Å². The minimum Gasteiger partial charge on any atom is -0.399 e. The maximum absolute atomic E-state index is 8.21. The Bertz CT molecular complexity index is 2580. The van der Waals surface area contributed by atoms with Crippen LogP contribution in [0.3, 0.4) is 0 Å². The van der Waals surface area contributed by atoms with E-state index in [1.807, 2.05) is 60.9 Å². The van der Waals surface area contributed by atoms with Gasteiger partial charge < -0.3 is 5.73 Å². The maximum Gasteiger partial charge on any atom is 0.0795 e. The van der Waals surface area contributed by atoms with Gasteiger partial charge in [0.1, 0.15) is 0 Å². The van der Waals surface area contributed by atoms with Crippen molar-refractivity contribution in [3.63, 3.8) is 0 Å². The number of allylic oxidation sites excluding steroid dienone is 4. The molecule has 4 N–H and O–H groups in total. The Balaban J connectivity index is 0.000000172. The van der Waals surface area contributed by atoms with E-state index < -0.39 is 0 Å². The molecule has 4 heteroatoms. The van der Waals surface area contributed by atoms with Crippen LogP contribution in [0.25, 0.3) is 70.9 Å². The van der Waals surface area contributed by atoms with E-state index in [1.54, 1.807) is 6.08 Å². The zero-order valence-corrected chi connectivity index (χ0v) is 26.7. The van der Waals surface area contributed by atoms with Crippen molar-refractivity contribution in [1.29, 1.82) is 10.8 Å². The van der Waals surface area contributed by atoms with Crippen LogP contribution in [-0.4, -0.2) is 16.4 Å². The van der Waals surface area contributed by atoms with Crippen LogP contribution in [0.5, 0.6) is 0 Å². The fraction of sp³-hybridized carbons (Fsp3) is 0. The number of anilines is 1. The summed E-state index contributed by atoms with van der Waals surface area (Å²) in [7, 11) is 0. The summed E-state index contributed by atoms with van der Waals surface area (Å²) >= 11 is 0. The van der Waals surface area contributed by atoms with E-state index in [0.29, 0.717) is 0 Å². The molecule has 232 valence electrons. The third-order valence-electron chi connectivity index (χ3n) is 9.19. The molecule has 7 aromatic carbocycles. The third-order valence-corrected chi connectivity index (χ3v) is 9.19. The first kappa shape index (κ1) is 29.7. The van der Waals surface area contributed by atoms with E-state index in [4.69, 9.17) is 16.6 Å². The van der Waals surface area contributed by atoms with Crippen LogP contribution in [-0.2, 0) is 0 Å². The molecule has 1 aliphatic carbocycles. The highest BCUT2D eigenvalue weighted by Crippen LogP contribution is 2.44. The monoisotopic (exact) mass is 628 g/mol. The quantitative estimate of drug-likeness (QED) is 0.103. The van der Waals surface area contributed by atoms with Crippen LogP contribution in [0, 0.1) is 10.8 Å². The SMILES string of the molecule is N=C1C=CC(c2c3ccccc3c(-c3cccc4ccccc34)c3ccccc23)=CC1=N.Nc1ccc(-c2cncc3ccccc23)cc1. The Kier molecular flexibility index (Phi) is 7.59. The van der Waals surface area contributed by atoms with E-state index >= 15 is 0 Å². The average molecular weight is 629 g/mol. The Morgan fingerprint density at radius 2 is 0.959 bits per heavy atom. The number of nitrogens with zero attached hydrogens (tertiary/aromatic N) is 1. The molecule has 1 aromatic heterocycles. The van der Waals surface area contributed by atoms with Gasteiger partial charge in [0.2, 0.25) is 0 Å². The van der Waals surface area contributed by atoms with Crippen molar-refractivity contribution in [2.24, 2.45) is 0 Å². The highest BCUT2D eigenvalue weighted by molar-refractivity contribution is 6.50. The number of hydrogen-bond donors (Lipinski definition) is 3. The molecule has 49 heavy (non-hydrogen) atoms. The summed E-state index contributed by atoms with van der Waals surface area (Å²) in [5, 5.41) is 25.7. The normalized spacial score (nSPS) is 12.7. The number of benzene rings is 7. The lowest BCUT2D eigenvalue weighted by atomic mass is 9.83. The summed E-state index contributed by atoms with van der Waals surface area (Å²) in [6.07, 6.45) is 9.28. The van der Waals surface area contributed by atoms with Gasteiger partial charge in [0.15, 0.2) is 0 Å². The maximum atomic E-state index is 8.21. The van der Waals surface area contributed by atoms with Gasteiger partial charge in [-0.2, -0.15) is 0 Å². The molecule has 9 rings (SSSR count). The standard InChI is InChI=1S/C30H20N2.C15H12N2/c31-27-17-16-20(18-28(27)32)29-23-11-3-5-13-25(23)30(26-14-6-4-12-24(26)29)22-15-7-9-19-8-1-2-10-21(19)22;16-13-7-5-11(6-8-13)15-10-17-9-12-3-1-2-4-14(12)15/h1-18,31-32H;1-10H,16H2. The molecule has 0 radical (unpaired) electrons. The number of nitrogens with one attached hydrogen (secondary N) is 2. The molecule has 0 saturated carbocycles. The summed E-state index contributed by atoms with van der Waals surface area (Å²) < 4.78 is 0. The molecule has 0 fully saturated rings. The van der Waals surface area contributed by atoms with Crippen LogP contribution in [0.1, 0.15) is 5.56 Å². The highest BCUT2D eigenvalue weighted by atomic mass is 14.6. The van der Waals surface area contributed by atoms with E-state index in [9.17, 15) is 0 Å². The molecule has 0 spiro atoms. The van der Waals surface area contributed by atoms with Crippen molar-refractivity contribution in [3.05, 3.63) is 176 Å². The molecule has 0 aliphatic heterocycles. The zero-order chi connectivity index (χ0) is 33.3. The Morgan fingerprint density at radius 1 is 0.429 bits per heavy atom. The predicted octanol–water partition coefficient (Wildman–Crippen LogP) is 11.3. The summed E-state index contributed by atoms with van der Waals surface area (Å²) in [5.41, 5.74) is 13.8. The molecule has 1 heterocycles. The summed E-state index contributed by atoms with van der Waals surface area (Å²) in [5.74, 6) is 0. The minimum absolute atomic E-state index is 0.244. The first-order valence-electron chi connectivity index (χ1n) is 16.2. The molecule has 8 aromatic rings. The van der Waals surface area contributed by atoms with E-state index in [2.05, 4.69) is 108 Å². The number of rotatable bonds is 3. The second-order valence-electron chi connectivity index (χ2n) is 12.2. The van der Waals surface area contributed by atoms with Gasteiger partial charge in [-0.1, -0.05) is 133 Å². The van der Waals surface area contributed by atoms with Crippen molar-refractivity contribution >= 4 is 65.8 Å². The predicted molar refractivity (Wildman–Crippen MR) is 209 cm³/mol. The largest absolute Gasteiger partial charge is 0.399 e. The number of pyridine rings is 1. The lowest BCUT2D eigenvalue weighted by molar-refractivity contribution is 1.36. The molecular formula is C45H32N4. The van der Waals surface area contributed by atoms with Gasteiger partial charge in [-0.05, 0) is 89.8 Å². The van der Waals surface area contributed by atoms with Crippen molar-refractivity contribution < 1.29 is 0 Å². The highest BCUT2D eigenvalue weighted by Gasteiger charge is 2.19. The fourth-order valence-corrected chi connectivity index (χ4v) is 6.88. The van der Waals surface area contributed by atoms with E-state index in [-0.39, 0.29) is 11.4 Å². The van der Waals surface area contributed by atoms with E-state index in [1.165, 1.54) is 38.1 Å². The lowest BCUT2D eigenvalue weighted by Crippen LogP contribution is -2.10. The van der Waals surface area contributed by atoms with Gasteiger partial charge in [-0.25, -0.2) is 0 Å². The molecule has 0 saturated heterocycles. The lowest BCUT2D eigenvalue weighted by Gasteiger charge is -2.20. The molecular weight excluding hydrogens is 597 g/mol. The van der Waals surface area contributed by atoms with Crippen LogP contribution in [0.15, 0.2) is 170 Å². The molecule has 0 unspecified atom stereocenters. The molecule has 0 bridgehead atoms. The number of nitrogens with two attached hydrogens (primary N) is 1. The fourth-order valence-electron chi connectivity index (χ4n) is 6.88. The number of nitrogen functional groups attached to an aromatic ring is 1. The third kappa shape index (κ3) is 5.45. The Morgan fingerprint density at radius 3 is 1.59 bits per heavy atom. The second kappa shape index (κ2) is 12.5. The van der Waals surface area contributed by atoms with Crippen molar-refractivity contribution in [2.45, 2.75) is 0 Å². The van der Waals surface area contributed by atoms with Gasteiger partial charge in [-0.3, -0.25) is 15.8 Å². The zero-order valence-electron chi connectivity index (χ0n) is 26.7. The van der Waals surface area contributed by atoms with Crippen molar-refractivity contribution in [2.75, 3.05) is 5.73 Å². The number of fused-ring (bicyclic) bond motifs is 4. The van der Waals surface area contributed by atoms with Crippen LogP contribution in [0.2, 0.25) is 0 Å². The van der Waals surface area contributed by atoms with Crippen LogP contribution < -0.4 is 5.73 Å². The summed E-state index contributed by atoms with van der Waals surface area (Å²) in [6.45, 7) is 0.